The second-order valence-corrected chi connectivity index (χ2v) is 5.56. The zero-order valence-electron chi connectivity index (χ0n) is 12.5. The van der Waals surface area contributed by atoms with E-state index in [1.165, 1.54) is 6.20 Å². The lowest BCUT2D eigenvalue weighted by molar-refractivity contribution is 0.0696. The topological polar surface area (TPSA) is 89.8 Å². The molecule has 1 aliphatic heterocycles. The highest BCUT2D eigenvalue weighted by atomic mass is 16.2. The highest BCUT2D eigenvalue weighted by Crippen LogP contribution is 2.17. The number of aromatic nitrogens is 2. The Kier molecular flexibility index (Phi) is 4.20. The second-order valence-electron chi connectivity index (χ2n) is 5.56. The lowest BCUT2D eigenvalue weighted by Crippen LogP contribution is -2.41. The van der Waals surface area contributed by atoms with Crippen LogP contribution in [0.2, 0.25) is 0 Å². The number of carbonyl (C=O) groups excluding carboxylic acids is 1. The molecule has 116 valence electrons. The van der Waals surface area contributed by atoms with Crippen LogP contribution in [0.25, 0.3) is 11.4 Å². The van der Waals surface area contributed by atoms with Gasteiger partial charge in [0.15, 0.2) is 0 Å². The third kappa shape index (κ3) is 3.14. The Hall–Kier alpha value is -2.94. The molecule has 1 N–H and O–H groups in total. The Morgan fingerprint density at radius 3 is 2.83 bits per heavy atom. The molecule has 1 aromatic carbocycles. The number of nitriles is 1. The predicted molar refractivity (Wildman–Crippen MR) is 84.5 cm³/mol. The van der Waals surface area contributed by atoms with Crippen LogP contribution in [-0.4, -0.2) is 33.9 Å². The molecule has 1 fully saturated rings. The summed E-state index contributed by atoms with van der Waals surface area (Å²) in [5.41, 5.74) is 0.345. The van der Waals surface area contributed by atoms with Gasteiger partial charge < -0.3 is 9.88 Å². The molecule has 6 nitrogen and oxygen atoms in total. The van der Waals surface area contributed by atoms with Gasteiger partial charge in [0.1, 0.15) is 11.4 Å². The van der Waals surface area contributed by atoms with Crippen molar-refractivity contribution in [3.63, 3.8) is 0 Å². The Morgan fingerprint density at radius 2 is 2.13 bits per heavy atom. The first-order valence-electron chi connectivity index (χ1n) is 7.52. The minimum Gasteiger partial charge on any atom is -0.337 e. The van der Waals surface area contributed by atoms with E-state index >= 15 is 0 Å². The second kappa shape index (κ2) is 6.44. The number of carbonyl (C=O) groups is 1. The fourth-order valence-electron chi connectivity index (χ4n) is 2.73. The quantitative estimate of drug-likeness (QED) is 0.916. The van der Waals surface area contributed by atoms with Crippen LogP contribution in [-0.2, 0) is 0 Å². The average Bonchev–Trinajstić information content (AvgIpc) is 2.62. The van der Waals surface area contributed by atoms with Crippen LogP contribution in [0.3, 0.4) is 0 Å². The fourth-order valence-corrected chi connectivity index (χ4v) is 2.73. The summed E-state index contributed by atoms with van der Waals surface area (Å²) in [6.45, 7) is 0.937. The van der Waals surface area contributed by atoms with Crippen molar-refractivity contribution in [2.75, 3.05) is 13.1 Å². The van der Waals surface area contributed by atoms with Crippen LogP contribution in [0.4, 0.5) is 0 Å². The van der Waals surface area contributed by atoms with E-state index in [2.05, 4.69) is 16.0 Å². The number of likely N-dealkylation sites (tertiary alicyclic amines) is 1. The van der Waals surface area contributed by atoms with Crippen molar-refractivity contribution in [3.05, 3.63) is 52.4 Å². The van der Waals surface area contributed by atoms with Gasteiger partial charge in [0.05, 0.1) is 12.0 Å². The maximum Gasteiger partial charge on any atom is 0.264 e. The molecule has 0 unspecified atom stereocenters. The maximum absolute atomic E-state index is 12.5. The van der Waals surface area contributed by atoms with E-state index in [-0.39, 0.29) is 17.4 Å². The van der Waals surface area contributed by atoms with E-state index in [9.17, 15) is 9.59 Å². The van der Waals surface area contributed by atoms with Crippen molar-refractivity contribution in [1.82, 2.24) is 14.9 Å². The number of benzene rings is 1. The third-order valence-electron chi connectivity index (χ3n) is 3.97. The summed E-state index contributed by atoms with van der Waals surface area (Å²) in [4.78, 5) is 33.1. The summed E-state index contributed by atoms with van der Waals surface area (Å²) in [5, 5.41) is 9.01. The standard InChI is InChI=1S/C17H16N4O2/c18-9-12-5-4-8-21(11-12)17(23)14-10-19-15(20-16(14)22)13-6-2-1-3-7-13/h1-3,6-7,10,12H,4-5,8,11H2,(H,19,20,22)/t12-/m0/s1. The van der Waals surface area contributed by atoms with Gasteiger partial charge in [-0.3, -0.25) is 9.59 Å². The molecule has 0 aliphatic carbocycles. The lowest BCUT2D eigenvalue weighted by atomic mass is 9.99. The minimum atomic E-state index is -0.456. The molecule has 1 aliphatic rings. The number of hydrogen-bond acceptors (Lipinski definition) is 4. The van der Waals surface area contributed by atoms with E-state index < -0.39 is 5.56 Å². The Labute approximate surface area is 133 Å². The van der Waals surface area contributed by atoms with Crippen LogP contribution >= 0.6 is 0 Å². The van der Waals surface area contributed by atoms with Crippen LogP contribution in [0, 0.1) is 17.2 Å². The maximum atomic E-state index is 12.5. The molecule has 2 heterocycles. The van der Waals surface area contributed by atoms with E-state index in [1.807, 2.05) is 30.3 Å². The zero-order valence-corrected chi connectivity index (χ0v) is 12.5. The molecular formula is C17H16N4O2. The Balaban J connectivity index is 1.85. The Bertz CT molecular complexity index is 807. The molecule has 6 heteroatoms. The predicted octanol–water partition coefficient (Wildman–Crippen LogP) is 1.81. The first-order chi connectivity index (χ1) is 11.2. The van der Waals surface area contributed by atoms with Gasteiger partial charge in [0, 0.05) is 24.8 Å². The highest BCUT2D eigenvalue weighted by molar-refractivity contribution is 5.93. The number of amides is 1. The summed E-state index contributed by atoms with van der Waals surface area (Å²) >= 11 is 0. The molecule has 1 saturated heterocycles. The van der Waals surface area contributed by atoms with E-state index in [0.29, 0.717) is 18.9 Å². The van der Waals surface area contributed by atoms with Crippen LogP contribution in [0.5, 0.6) is 0 Å². The van der Waals surface area contributed by atoms with Gasteiger partial charge in [0.25, 0.3) is 11.5 Å². The van der Waals surface area contributed by atoms with Crippen molar-refractivity contribution in [2.45, 2.75) is 12.8 Å². The number of H-pyrrole nitrogens is 1. The van der Waals surface area contributed by atoms with Gasteiger partial charge in [-0.2, -0.15) is 5.26 Å². The number of aromatic amines is 1. The van der Waals surface area contributed by atoms with Gasteiger partial charge in [-0.1, -0.05) is 30.3 Å². The van der Waals surface area contributed by atoms with Gasteiger partial charge in [-0.05, 0) is 12.8 Å². The van der Waals surface area contributed by atoms with Crippen molar-refractivity contribution in [1.29, 1.82) is 5.26 Å². The molecule has 23 heavy (non-hydrogen) atoms. The molecular weight excluding hydrogens is 292 g/mol. The highest BCUT2D eigenvalue weighted by Gasteiger charge is 2.26. The van der Waals surface area contributed by atoms with Gasteiger partial charge in [-0.25, -0.2) is 4.98 Å². The molecule has 0 spiro atoms. The lowest BCUT2D eigenvalue weighted by Gasteiger charge is -2.29. The summed E-state index contributed by atoms with van der Waals surface area (Å²) in [6.07, 6.45) is 2.89. The number of rotatable bonds is 2. The van der Waals surface area contributed by atoms with Crippen LogP contribution in [0.15, 0.2) is 41.3 Å². The number of hydrogen-bond donors (Lipinski definition) is 1. The van der Waals surface area contributed by atoms with Gasteiger partial charge >= 0.3 is 0 Å². The van der Waals surface area contributed by atoms with Crippen molar-refractivity contribution < 1.29 is 4.79 Å². The molecule has 1 aromatic heterocycles. The molecule has 3 rings (SSSR count). The largest absolute Gasteiger partial charge is 0.337 e. The molecule has 0 radical (unpaired) electrons. The SMILES string of the molecule is N#C[C@@H]1CCCN(C(=O)c2cnc(-c3ccccc3)[nH]c2=O)C1. The van der Waals surface area contributed by atoms with Gasteiger partial charge in [-0.15, -0.1) is 0 Å². The van der Waals surface area contributed by atoms with Gasteiger partial charge in [0.2, 0.25) is 0 Å². The average molecular weight is 308 g/mol. The normalized spacial score (nSPS) is 17.5. The molecule has 2 aromatic rings. The Morgan fingerprint density at radius 1 is 1.35 bits per heavy atom. The van der Waals surface area contributed by atoms with Crippen molar-refractivity contribution in [2.24, 2.45) is 5.92 Å². The van der Waals surface area contributed by atoms with Crippen LogP contribution in [0.1, 0.15) is 23.2 Å². The number of nitrogens with zero attached hydrogens (tertiary/aromatic N) is 3. The monoisotopic (exact) mass is 308 g/mol. The zero-order chi connectivity index (χ0) is 16.2. The van der Waals surface area contributed by atoms with Crippen LogP contribution < -0.4 is 5.56 Å². The fraction of sp³-hybridized carbons (Fsp3) is 0.294. The molecule has 1 atom stereocenters. The van der Waals surface area contributed by atoms with E-state index in [1.54, 1.807) is 4.90 Å². The number of piperidine rings is 1. The summed E-state index contributed by atoms with van der Waals surface area (Å²) < 4.78 is 0. The van der Waals surface area contributed by atoms with Crippen molar-refractivity contribution in [3.8, 4) is 17.5 Å². The smallest absolute Gasteiger partial charge is 0.264 e. The number of nitrogens with one attached hydrogen (secondary N) is 1. The summed E-state index contributed by atoms with van der Waals surface area (Å²) in [5.74, 6) is -0.0951. The molecule has 1 amide bonds. The first kappa shape index (κ1) is 15.0. The minimum absolute atomic E-state index is 0.0169. The summed E-state index contributed by atoms with van der Waals surface area (Å²) in [6, 6.07) is 11.4. The van der Waals surface area contributed by atoms with Crippen molar-refractivity contribution >= 4 is 5.91 Å². The van der Waals surface area contributed by atoms with E-state index in [4.69, 9.17) is 5.26 Å². The molecule has 0 bridgehead atoms. The third-order valence-corrected chi connectivity index (χ3v) is 3.97. The van der Waals surface area contributed by atoms with E-state index in [0.717, 1.165) is 18.4 Å². The summed E-state index contributed by atoms with van der Waals surface area (Å²) in [7, 11) is 0. The first-order valence-corrected chi connectivity index (χ1v) is 7.52. The molecule has 0 saturated carbocycles.